The number of hydrogen-bond donors (Lipinski definition) is 2. The van der Waals surface area contributed by atoms with Gasteiger partial charge in [0.15, 0.2) is 0 Å². The van der Waals surface area contributed by atoms with Crippen LogP contribution in [-0.2, 0) is 9.53 Å². The predicted octanol–water partition coefficient (Wildman–Crippen LogP) is 0.831. The second-order valence-electron chi connectivity index (χ2n) is 5.80. The molecule has 2 rings (SSSR count). The van der Waals surface area contributed by atoms with E-state index in [9.17, 15) is 9.59 Å². The predicted molar refractivity (Wildman–Crippen MR) is 62.7 cm³/mol. The zero-order valence-electron chi connectivity index (χ0n) is 10.6. The van der Waals surface area contributed by atoms with Gasteiger partial charge in [-0.25, -0.2) is 4.79 Å². The van der Waals surface area contributed by atoms with Crippen molar-refractivity contribution in [3.63, 3.8) is 0 Å². The Morgan fingerprint density at radius 1 is 1.47 bits per heavy atom. The van der Waals surface area contributed by atoms with E-state index < -0.39 is 11.7 Å². The van der Waals surface area contributed by atoms with Gasteiger partial charge in [-0.05, 0) is 27.2 Å². The molecule has 1 aliphatic carbocycles. The second kappa shape index (κ2) is 4.29. The van der Waals surface area contributed by atoms with Crippen molar-refractivity contribution in [2.75, 3.05) is 6.54 Å². The fourth-order valence-electron chi connectivity index (χ4n) is 2.61. The largest absolute Gasteiger partial charge is 0.444 e. The molecule has 0 aromatic heterocycles. The molecule has 3 atom stereocenters. The van der Waals surface area contributed by atoms with Gasteiger partial charge in [0.2, 0.25) is 0 Å². The van der Waals surface area contributed by atoms with Crippen LogP contribution in [0.25, 0.3) is 0 Å². The molecule has 2 fully saturated rings. The molecule has 5 heteroatoms. The maximum absolute atomic E-state index is 11.7. The molecule has 2 aliphatic rings. The summed E-state index contributed by atoms with van der Waals surface area (Å²) in [5, 5.41) is 6.07. The van der Waals surface area contributed by atoms with Gasteiger partial charge in [-0.3, -0.25) is 4.79 Å². The highest BCUT2D eigenvalue weighted by Gasteiger charge is 2.45. The molecule has 1 saturated carbocycles. The molecule has 17 heavy (non-hydrogen) atoms. The summed E-state index contributed by atoms with van der Waals surface area (Å²) in [6.45, 7) is 6.12. The summed E-state index contributed by atoms with van der Waals surface area (Å²) in [6, 6.07) is 0.118. The van der Waals surface area contributed by atoms with E-state index in [2.05, 4.69) is 10.6 Å². The van der Waals surface area contributed by atoms with Crippen LogP contribution in [-0.4, -0.2) is 36.1 Å². The smallest absolute Gasteiger partial charge is 0.407 e. The molecule has 0 unspecified atom stereocenters. The number of amides is 1. The summed E-state index contributed by atoms with van der Waals surface area (Å²) in [4.78, 5) is 23.3. The topological polar surface area (TPSA) is 67.4 Å². The van der Waals surface area contributed by atoms with Gasteiger partial charge in [0, 0.05) is 19.0 Å². The van der Waals surface area contributed by atoms with Crippen LogP contribution in [0.15, 0.2) is 0 Å². The Hall–Kier alpha value is -1.10. The number of fused-ring (bicyclic) bond motifs is 1. The van der Waals surface area contributed by atoms with Crippen LogP contribution < -0.4 is 10.6 Å². The van der Waals surface area contributed by atoms with Crippen LogP contribution >= 0.6 is 0 Å². The number of rotatable bonds is 1. The number of ketones is 1. The number of nitrogens with one attached hydrogen (secondary N) is 2. The molecule has 1 amide bonds. The molecule has 1 heterocycles. The minimum absolute atomic E-state index is 0.0671. The van der Waals surface area contributed by atoms with Crippen molar-refractivity contribution in [1.29, 1.82) is 0 Å². The Morgan fingerprint density at radius 2 is 2.18 bits per heavy atom. The first kappa shape index (κ1) is 12.4. The quantitative estimate of drug-likeness (QED) is 0.712. The standard InChI is InChI=1S/C12H20N2O3/c1-12(2,3)17-11(16)14-8-6-13-7-4-5-9(15)10(7)8/h7-8,10,13H,4-6H2,1-3H3,(H,14,16)/t7-,8-,10+/m0/s1. The zero-order valence-corrected chi connectivity index (χ0v) is 10.6. The Morgan fingerprint density at radius 3 is 2.82 bits per heavy atom. The monoisotopic (exact) mass is 240 g/mol. The zero-order chi connectivity index (χ0) is 12.6. The van der Waals surface area contributed by atoms with Crippen molar-refractivity contribution in [1.82, 2.24) is 10.6 Å². The van der Waals surface area contributed by atoms with Crippen molar-refractivity contribution in [2.24, 2.45) is 5.92 Å². The normalized spacial score (nSPS) is 32.4. The highest BCUT2D eigenvalue weighted by Crippen LogP contribution is 2.29. The first-order valence-corrected chi connectivity index (χ1v) is 6.12. The molecule has 0 radical (unpaired) electrons. The van der Waals surface area contributed by atoms with Crippen LogP contribution in [0.3, 0.4) is 0 Å². The van der Waals surface area contributed by atoms with E-state index in [4.69, 9.17) is 4.74 Å². The number of carbonyl (C=O) groups is 2. The number of carbonyl (C=O) groups excluding carboxylic acids is 2. The molecule has 1 aliphatic heterocycles. The third-order valence-corrected chi connectivity index (χ3v) is 3.24. The van der Waals surface area contributed by atoms with Crippen molar-refractivity contribution in [3.8, 4) is 0 Å². The van der Waals surface area contributed by atoms with E-state index in [1.165, 1.54) is 0 Å². The molecule has 2 N–H and O–H groups in total. The summed E-state index contributed by atoms with van der Waals surface area (Å²) in [5.74, 6) is 0.184. The Kier molecular flexibility index (Phi) is 3.12. The van der Waals surface area contributed by atoms with E-state index in [0.717, 1.165) is 6.42 Å². The number of Topliss-reactive ketones (excluding diaryl/α,β-unsaturated/α-hetero) is 1. The summed E-state index contributed by atoms with van der Waals surface area (Å²) < 4.78 is 5.19. The maximum atomic E-state index is 11.7. The summed E-state index contributed by atoms with van der Waals surface area (Å²) >= 11 is 0. The van der Waals surface area contributed by atoms with Gasteiger partial charge in [-0.15, -0.1) is 0 Å². The lowest BCUT2D eigenvalue weighted by Gasteiger charge is -2.23. The summed E-state index contributed by atoms with van der Waals surface area (Å²) in [6.07, 6.45) is 1.06. The maximum Gasteiger partial charge on any atom is 0.407 e. The van der Waals surface area contributed by atoms with E-state index >= 15 is 0 Å². The lowest BCUT2D eigenvalue weighted by Crippen LogP contribution is -2.44. The lowest BCUT2D eigenvalue weighted by molar-refractivity contribution is -0.121. The van der Waals surface area contributed by atoms with Gasteiger partial charge < -0.3 is 15.4 Å². The average Bonchev–Trinajstić information content (AvgIpc) is 2.68. The molecule has 1 saturated heterocycles. The molecule has 0 aromatic carbocycles. The third-order valence-electron chi connectivity index (χ3n) is 3.24. The van der Waals surface area contributed by atoms with E-state index in [1.807, 2.05) is 20.8 Å². The van der Waals surface area contributed by atoms with Crippen LogP contribution in [0.5, 0.6) is 0 Å². The molecule has 0 spiro atoms. The van der Waals surface area contributed by atoms with Crippen molar-refractivity contribution < 1.29 is 14.3 Å². The van der Waals surface area contributed by atoms with Crippen molar-refractivity contribution >= 4 is 11.9 Å². The molecule has 5 nitrogen and oxygen atoms in total. The first-order chi connectivity index (χ1) is 7.87. The average molecular weight is 240 g/mol. The van der Waals surface area contributed by atoms with Crippen molar-refractivity contribution in [3.05, 3.63) is 0 Å². The lowest BCUT2D eigenvalue weighted by atomic mass is 9.98. The fraction of sp³-hybridized carbons (Fsp3) is 0.833. The minimum atomic E-state index is -0.505. The van der Waals surface area contributed by atoms with Gasteiger partial charge in [0.25, 0.3) is 0 Å². The van der Waals surface area contributed by atoms with E-state index in [1.54, 1.807) is 0 Å². The Balaban J connectivity index is 1.91. The SMILES string of the molecule is CC(C)(C)OC(=O)N[C@H]1CN[C@H]2CCC(=O)[C@H]21. The highest BCUT2D eigenvalue weighted by atomic mass is 16.6. The van der Waals surface area contributed by atoms with Gasteiger partial charge in [-0.1, -0.05) is 0 Å². The summed E-state index contributed by atoms with van der Waals surface area (Å²) in [5.41, 5.74) is -0.505. The number of alkyl carbamates (subject to hydrolysis) is 1. The minimum Gasteiger partial charge on any atom is -0.444 e. The first-order valence-electron chi connectivity index (χ1n) is 6.12. The fourth-order valence-corrected chi connectivity index (χ4v) is 2.61. The van der Waals surface area contributed by atoms with Gasteiger partial charge in [-0.2, -0.15) is 0 Å². The van der Waals surface area contributed by atoms with Crippen LogP contribution in [0, 0.1) is 5.92 Å². The van der Waals surface area contributed by atoms with Crippen LogP contribution in [0.4, 0.5) is 4.79 Å². The van der Waals surface area contributed by atoms with E-state index in [0.29, 0.717) is 13.0 Å². The molecule has 0 bridgehead atoms. The van der Waals surface area contributed by atoms with Gasteiger partial charge in [0.05, 0.1) is 12.0 Å². The molecule has 0 aromatic rings. The molecule has 96 valence electrons. The summed E-state index contributed by atoms with van der Waals surface area (Å²) in [7, 11) is 0. The molecular weight excluding hydrogens is 220 g/mol. The highest BCUT2D eigenvalue weighted by molar-refractivity contribution is 5.86. The van der Waals surface area contributed by atoms with Crippen LogP contribution in [0.2, 0.25) is 0 Å². The second-order valence-corrected chi connectivity index (χ2v) is 5.80. The number of ether oxygens (including phenoxy) is 1. The molecular formula is C12H20N2O3. The van der Waals surface area contributed by atoms with Crippen molar-refractivity contribution in [2.45, 2.75) is 51.3 Å². The van der Waals surface area contributed by atoms with Gasteiger partial charge in [0.1, 0.15) is 11.4 Å². The van der Waals surface area contributed by atoms with E-state index in [-0.39, 0.29) is 23.8 Å². The Labute approximate surface area is 101 Å². The third kappa shape index (κ3) is 2.77. The number of hydrogen-bond acceptors (Lipinski definition) is 4. The van der Waals surface area contributed by atoms with Gasteiger partial charge >= 0.3 is 6.09 Å². The Bertz CT molecular complexity index is 335. The van der Waals surface area contributed by atoms with Crippen LogP contribution in [0.1, 0.15) is 33.6 Å².